The number of carbonyl (C=O) groups is 2. The van der Waals surface area contributed by atoms with Crippen LogP contribution in [0.5, 0.6) is 5.75 Å². The third-order valence-corrected chi connectivity index (χ3v) is 5.46. The summed E-state index contributed by atoms with van der Waals surface area (Å²) in [5, 5.41) is 11.9. The van der Waals surface area contributed by atoms with Crippen LogP contribution in [-0.2, 0) is 4.79 Å². The molecule has 1 aromatic heterocycles. The number of hydrogen-bond acceptors (Lipinski definition) is 4. The van der Waals surface area contributed by atoms with Gasteiger partial charge in [-0.3, -0.25) is 4.79 Å². The average molecular weight is 466 g/mol. The maximum atomic E-state index is 12.5. The first-order chi connectivity index (χ1) is 17.1. The van der Waals surface area contributed by atoms with Crippen molar-refractivity contribution in [2.24, 2.45) is 0 Å². The molecule has 3 aromatic carbocycles. The summed E-state index contributed by atoms with van der Waals surface area (Å²) < 4.78 is 5.18. The highest BCUT2D eigenvalue weighted by atomic mass is 16.5. The Labute approximate surface area is 202 Å². The van der Waals surface area contributed by atoms with Gasteiger partial charge in [0.05, 0.1) is 18.4 Å². The predicted molar refractivity (Wildman–Crippen MR) is 139 cm³/mol. The molecule has 0 spiro atoms. The molecular weight excluding hydrogens is 442 g/mol. The summed E-state index contributed by atoms with van der Waals surface area (Å²) in [6.07, 6.45) is 3.65. The molecule has 5 rings (SSSR count). The largest absolute Gasteiger partial charge is 0.497 e. The number of rotatable bonds is 6. The molecule has 0 aliphatic carbocycles. The molecule has 174 valence electrons. The van der Waals surface area contributed by atoms with Gasteiger partial charge in [0.15, 0.2) is 0 Å². The first-order valence-corrected chi connectivity index (χ1v) is 11.0. The summed E-state index contributed by atoms with van der Waals surface area (Å²) in [5.74, 6) is 0.520. The van der Waals surface area contributed by atoms with Gasteiger partial charge in [0.25, 0.3) is 5.91 Å². The van der Waals surface area contributed by atoms with Crippen LogP contribution in [0.15, 0.2) is 85.1 Å². The van der Waals surface area contributed by atoms with E-state index in [1.165, 1.54) is 0 Å². The van der Waals surface area contributed by atoms with Gasteiger partial charge < -0.3 is 31.0 Å². The van der Waals surface area contributed by atoms with Crippen molar-refractivity contribution in [1.29, 1.82) is 0 Å². The normalized spacial score (nSPS) is 13.2. The van der Waals surface area contributed by atoms with Gasteiger partial charge in [-0.2, -0.15) is 0 Å². The Bertz CT molecular complexity index is 1430. The minimum atomic E-state index is -0.364. The van der Waals surface area contributed by atoms with Crippen molar-refractivity contribution < 1.29 is 14.3 Å². The molecule has 0 radical (unpaired) electrons. The summed E-state index contributed by atoms with van der Waals surface area (Å²) >= 11 is 0. The lowest BCUT2D eigenvalue weighted by Gasteiger charge is -2.12. The number of carbonyl (C=O) groups excluding carboxylic acids is 2. The summed E-state index contributed by atoms with van der Waals surface area (Å²) in [5.41, 5.74) is 5.91. The minimum Gasteiger partial charge on any atom is -0.497 e. The van der Waals surface area contributed by atoms with E-state index in [9.17, 15) is 9.59 Å². The molecular formula is C27H23N5O3. The van der Waals surface area contributed by atoms with E-state index >= 15 is 0 Å². The van der Waals surface area contributed by atoms with Gasteiger partial charge >= 0.3 is 6.03 Å². The molecule has 8 heteroatoms. The number of hydrogen-bond donors (Lipinski definition) is 5. The molecule has 2 heterocycles. The van der Waals surface area contributed by atoms with Gasteiger partial charge in [0.2, 0.25) is 0 Å². The number of anilines is 5. The molecule has 5 N–H and O–H groups in total. The number of urea groups is 1. The Kier molecular flexibility index (Phi) is 5.92. The van der Waals surface area contributed by atoms with Crippen LogP contribution in [0.25, 0.3) is 11.6 Å². The molecule has 1 aliphatic rings. The first kappa shape index (κ1) is 21.8. The third kappa shape index (κ3) is 5.01. The van der Waals surface area contributed by atoms with Crippen molar-refractivity contribution in [2.75, 3.05) is 28.4 Å². The number of aromatic nitrogens is 1. The lowest BCUT2D eigenvalue weighted by Crippen LogP contribution is -2.19. The van der Waals surface area contributed by atoms with Crippen LogP contribution in [0.4, 0.5) is 33.2 Å². The summed E-state index contributed by atoms with van der Waals surface area (Å²) in [6, 6.07) is 23.6. The van der Waals surface area contributed by atoms with Crippen molar-refractivity contribution in [2.45, 2.75) is 0 Å². The maximum absolute atomic E-state index is 12.5. The molecule has 1 aliphatic heterocycles. The molecule has 4 aromatic rings. The van der Waals surface area contributed by atoms with E-state index in [0.29, 0.717) is 22.7 Å². The molecule has 0 fully saturated rings. The number of nitrogens with one attached hydrogen (secondary N) is 5. The van der Waals surface area contributed by atoms with Gasteiger partial charge in [0.1, 0.15) is 5.75 Å². The molecule has 0 saturated heterocycles. The molecule has 3 amide bonds. The van der Waals surface area contributed by atoms with Crippen LogP contribution in [-0.4, -0.2) is 24.0 Å². The fourth-order valence-electron chi connectivity index (χ4n) is 3.84. The Hall–Kier alpha value is -4.98. The second kappa shape index (κ2) is 9.48. The molecule has 0 saturated carbocycles. The smallest absolute Gasteiger partial charge is 0.323 e. The second-order valence-electron chi connectivity index (χ2n) is 7.91. The highest BCUT2D eigenvalue weighted by Crippen LogP contribution is 2.35. The highest BCUT2D eigenvalue weighted by Gasteiger charge is 2.24. The molecule has 8 nitrogen and oxygen atoms in total. The SMILES string of the molecule is COc1cccc(NC(=O)Nc2cccc(Nc3ccc4c(c3)NC(=O)/C4=C\c3ccc[nH]3)c2)c1. The van der Waals surface area contributed by atoms with Crippen molar-refractivity contribution >= 4 is 52.0 Å². The minimum absolute atomic E-state index is 0.139. The van der Waals surface area contributed by atoms with Crippen LogP contribution >= 0.6 is 0 Å². The van der Waals surface area contributed by atoms with Crippen LogP contribution in [0.3, 0.4) is 0 Å². The van der Waals surface area contributed by atoms with Crippen molar-refractivity contribution in [3.8, 4) is 5.75 Å². The van der Waals surface area contributed by atoms with Gasteiger partial charge in [-0.25, -0.2) is 4.79 Å². The van der Waals surface area contributed by atoms with Gasteiger partial charge in [-0.1, -0.05) is 18.2 Å². The Balaban J connectivity index is 1.27. The third-order valence-electron chi connectivity index (χ3n) is 5.46. The van der Waals surface area contributed by atoms with Crippen molar-refractivity contribution in [3.05, 3.63) is 96.3 Å². The fourth-order valence-corrected chi connectivity index (χ4v) is 3.84. The quantitative estimate of drug-likeness (QED) is 0.228. The number of methoxy groups -OCH3 is 1. The number of fused-ring (bicyclic) bond motifs is 1. The Morgan fingerprint density at radius 3 is 2.37 bits per heavy atom. The standard InChI is InChI=1S/C27H23N5O3/c1-35-22-9-3-7-20(14-22)31-27(34)30-19-6-2-5-18(13-19)29-21-10-11-23-24(15-17-8-4-12-28-17)26(33)32-25(23)16-21/h2-16,28-29H,1H3,(H,32,33)(H2,30,31,34)/b24-15-. The number of amides is 3. The zero-order valence-electron chi connectivity index (χ0n) is 18.9. The van der Waals surface area contributed by atoms with E-state index in [1.807, 2.05) is 66.9 Å². The zero-order chi connectivity index (χ0) is 24.2. The lowest BCUT2D eigenvalue weighted by atomic mass is 10.1. The van der Waals surface area contributed by atoms with Crippen LogP contribution in [0.1, 0.15) is 11.3 Å². The molecule has 0 unspecified atom stereocenters. The second-order valence-corrected chi connectivity index (χ2v) is 7.91. The first-order valence-electron chi connectivity index (χ1n) is 11.0. The predicted octanol–water partition coefficient (Wildman–Crippen LogP) is 5.90. The van der Waals surface area contributed by atoms with E-state index in [2.05, 4.69) is 26.3 Å². The Morgan fingerprint density at radius 1 is 0.857 bits per heavy atom. The Morgan fingerprint density at radius 2 is 1.60 bits per heavy atom. The topological polar surface area (TPSA) is 107 Å². The van der Waals surface area contributed by atoms with Crippen LogP contribution < -0.4 is 26.0 Å². The van der Waals surface area contributed by atoms with E-state index < -0.39 is 0 Å². The summed E-state index contributed by atoms with van der Waals surface area (Å²) in [7, 11) is 1.58. The monoisotopic (exact) mass is 465 g/mol. The van der Waals surface area contributed by atoms with Gasteiger partial charge in [0, 0.05) is 46.3 Å². The van der Waals surface area contributed by atoms with Crippen molar-refractivity contribution in [1.82, 2.24) is 4.98 Å². The zero-order valence-corrected chi connectivity index (χ0v) is 18.9. The molecule has 0 bridgehead atoms. The summed E-state index contributed by atoms with van der Waals surface area (Å²) in [6.45, 7) is 0. The number of aromatic amines is 1. The number of H-pyrrole nitrogens is 1. The van der Waals surface area contributed by atoms with E-state index in [0.717, 1.165) is 28.3 Å². The number of ether oxygens (including phenoxy) is 1. The maximum Gasteiger partial charge on any atom is 0.323 e. The fraction of sp³-hybridized carbons (Fsp3) is 0.0370. The lowest BCUT2D eigenvalue weighted by molar-refractivity contribution is -0.110. The van der Waals surface area contributed by atoms with E-state index in [4.69, 9.17) is 4.74 Å². The summed E-state index contributed by atoms with van der Waals surface area (Å²) in [4.78, 5) is 28.0. The highest BCUT2D eigenvalue weighted by molar-refractivity contribution is 6.35. The van der Waals surface area contributed by atoms with Gasteiger partial charge in [-0.15, -0.1) is 0 Å². The van der Waals surface area contributed by atoms with E-state index in [-0.39, 0.29) is 11.9 Å². The van der Waals surface area contributed by atoms with Crippen LogP contribution in [0.2, 0.25) is 0 Å². The molecule has 35 heavy (non-hydrogen) atoms. The van der Waals surface area contributed by atoms with E-state index in [1.54, 1.807) is 31.4 Å². The van der Waals surface area contributed by atoms with Crippen molar-refractivity contribution in [3.63, 3.8) is 0 Å². The van der Waals surface area contributed by atoms with Crippen LogP contribution in [0, 0.1) is 0 Å². The number of benzene rings is 3. The van der Waals surface area contributed by atoms with Gasteiger partial charge in [-0.05, 0) is 60.7 Å². The average Bonchev–Trinajstić information content (AvgIpc) is 3.47. The molecule has 0 atom stereocenters.